The van der Waals surface area contributed by atoms with Crippen molar-refractivity contribution in [1.82, 2.24) is 0 Å². The predicted molar refractivity (Wildman–Crippen MR) is 297 cm³/mol. The highest BCUT2D eigenvalue weighted by molar-refractivity contribution is 5.80. The summed E-state index contributed by atoms with van der Waals surface area (Å²) in [6, 6.07) is 0. The Morgan fingerprint density at radius 3 is 0.899 bits per heavy atom. The number of esters is 2. The maximum absolute atomic E-state index is 12.5. The number of aliphatic hydroxyl groups excluding tert-OH is 2. The van der Waals surface area contributed by atoms with Crippen LogP contribution in [-0.2, 0) is 19.1 Å². The van der Waals surface area contributed by atoms with Crippen LogP contribution in [0.25, 0.3) is 0 Å². The topological polar surface area (TPSA) is 93.1 Å². The number of cyclic esters (lactones) is 2. The number of hydrogen-bond acceptors (Lipinski definition) is 6. The van der Waals surface area contributed by atoms with Crippen LogP contribution in [0, 0.1) is 11.3 Å². The number of carbonyl (C=O) groups excluding carboxylic acids is 2. The van der Waals surface area contributed by atoms with Crippen LogP contribution >= 0.6 is 0 Å². The van der Waals surface area contributed by atoms with E-state index in [-0.39, 0.29) is 19.6 Å². The Balaban J connectivity index is 1.69. The van der Waals surface area contributed by atoms with E-state index in [1.807, 2.05) is 0 Å². The lowest BCUT2D eigenvalue weighted by atomic mass is 9.92. The van der Waals surface area contributed by atoms with Gasteiger partial charge in [-0.2, -0.15) is 0 Å². The van der Waals surface area contributed by atoms with Gasteiger partial charge in [-0.1, -0.05) is 314 Å². The largest absolute Gasteiger partial charge is 0.465 e. The third-order valence-corrected chi connectivity index (χ3v) is 15.5. The Labute approximate surface area is 430 Å². The van der Waals surface area contributed by atoms with Gasteiger partial charge in [-0.25, -0.2) is 0 Å². The zero-order valence-electron chi connectivity index (χ0n) is 46.4. The molecule has 1 rings (SSSR count). The van der Waals surface area contributed by atoms with Crippen LogP contribution in [0.4, 0.5) is 0 Å². The molecule has 0 aromatic heterocycles. The fraction of sp³-hybridized carbons (Fsp3) is 0.937. The monoisotopic (exact) mass is 973 g/mol. The van der Waals surface area contributed by atoms with Crippen molar-refractivity contribution < 1.29 is 29.3 Å². The Kier molecular flexibility index (Phi) is 50.3. The van der Waals surface area contributed by atoms with E-state index in [9.17, 15) is 19.8 Å². The first-order valence-electron chi connectivity index (χ1n) is 31.3. The van der Waals surface area contributed by atoms with Crippen molar-refractivity contribution in [3.8, 4) is 0 Å². The Morgan fingerprint density at radius 1 is 0.377 bits per heavy atom. The lowest BCUT2D eigenvalue weighted by Gasteiger charge is -2.27. The highest BCUT2D eigenvalue weighted by atomic mass is 16.6. The van der Waals surface area contributed by atoms with Gasteiger partial charge in [0, 0.05) is 0 Å². The summed E-state index contributed by atoms with van der Waals surface area (Å²) in [5.41, 5.74) is -1.12. The summed E-state index contributed by atoms with van der Waals surface area (Å²) < 4.78 is 10.6. The van der Waals surface area contributed by atoms with Crippen molar-refractivity contribution in [2.45, 2.75) is 341 Å². The second-order valence-electron chi connectivity index (χ2n) is 22.4. The lowest BCUT2D eigenvalue weighted by molar-refractivity contribution is -0.155. The maximum Gasteiger partial charge on any atom is 0.309 e. The highest BCUT2D eigenvalue weighted by Crippen LogP contribution is 2.25. The lowest BCUT2D eigenvalue weighted by Crippen LogP contribution is -2.40. The molecular weight excluding hydrogens is 853 g/mol. The van der Waals surface area contributed by atoms with Gasteiger partial charge in [0.2, 0.25) is 0 Å². The number of ether oxygens (including phenoxy) is 2. The average Bonchev–Trinajstić information content (AvgIpc) is 3.41. The van der Waals surface area contributed by atoms with Gasteiger partial charge in [-0.05, 0) is 32.1 Å². The molecule has 1 fully saturated rings. The molecule has 0 amide bonds. The van der Waals surface area contributed by atoms with Gasteiger partial charge in [0.15, 0.2) is 0 Å². The van der Waals surface area contributed by atoms with E-state index in [4.69, 9.17) is 9.47 Å². The summed E-state index contributed by atoms with van der Waals surface area (Å²) >= 11 is 0. The molecule has 0 aromatic carbocycles. The first kappa shape index (κ1) is 65.6. The molecule has 1 heterocycles. The smallest absolute Gasteiger partial charge is 0.309 e. The first-order chi connectivity index (χ1) is 34.1. The molecule has 1 unspecified atom stereocenters. The van der Waals surface area contributed by atoms with Crippen molar-refractivity contribution in [1.29, 1.82) is 0 Å². The fourth-order valence-corrected chi connectivity index (χ4v) is 10.4. The van der Waals surface area contributed by atoms with E-state index in [0.29, 0.717) is 6.42 Å². The van der Waals surface area contributed by atoms with Crippen molar-refractivity contribution in [2.24, 2.45) is 11.3 Å². The molecular formula is C63H120O6. The summed E-state index contributed by atoms with van der Waals surface area (Å²) in [6.07, 6.45) is 75.7. The third kappa shape index (κ3) is 45.0. The molecule has 0 spiro atoms. The van der Waals surface area contributed by atoms with Crippen LogP contribution in [0.3, 0.4) is 0 Å². The second-order valence-corrected chi connectivity index (χ2v) is 22.4. The zero-order chi connectivity index (χ0) is 49.7. The molecule has 408 valence electrons. The van der Waals surface area contributed by atoms with E-state index in [1.54, 1.807) is 0 Å². The Morgan fingerprint density at radius 2 is 0.623 bits per heavy atom. The number of carbonyl (C=O) groups is 2. The number of allylic oxidation sites excluding steroid dienone is 2. The van der Waals surface area contributed by atoms with Crippen LogP contribution < -0.4 is 0 Å². The Bertz CT molecular complexity index is 1090. The Hall–Kier alpha value is -1.40. The molecule has 69 heavy (non-hydrogen) atoms. The quantitative estimate of drug-likeness (QED) is 0.0358. The van der Waals surface area contributed by atoms with Crippen LogP contribution in [0.2, 0.25) is 0 Å². The molecule has 6 nitrogen and oxygen atoms in total. The highest BCUT2D eigenvalue weighted by Gasteiger charge is 2.36. The SMILES string of the molecule is CCCCCCCCCCCCCCCCCCCCCCCCCCCC/C=C/CCCCCCCCCCCCCCCCCCCCCCCCC1CC(=O)OCC(CO)(CO)COC1=O. The van der Waals surface area contributed by atoms with Crippen LogP contribution in [0.15, 0.2) is 12.2 Å². The molecule has 0 aliphatic carbocycles. The molecule has 0 bridgehead atoms. The average molecular weight is 974 g/mol. The van der Waals surface area contributed by atoms with Crippen LogP contribution in [-0.4, -0.2) is 48.6 Å². The van der Waals surface area contributed by atoms with Gasteiger partial charge in [-0.3, -0.25) is 9.59 Å². The maximum atomic E-state index is 12.5. The van der Waals surface area contributed by atoms with Gasteiger partial charge in [0.1, 0.15) is 13.2 Å². The molecule has 1 aliphatic heterocycles. The molecule has 1 atom stereocenters. The van der Waals surface area contributed by atoms with Gasteiger partial charge in [0.05, 0.1) is 31.0 Å². The number of hydrogen-bond donors (Lipinski definition) is 2. The van der Waals surface area contributed by atoms with Crippen molar-refractivity contribution in [3.63, 3.8) is 0 Å². The number of aliphatic hydroxyl groups is 2. The zero-order valence-corrected chi connectivity index (χ0v) is 46.4. The van der Waals surface area contributed by atoms with Crippen molar-refractivity contribution >= 4 is 11.9 Å². The molecule has 0 saturated carbocycles. The minimum absolute atomic E-state index is 0.00424. The van der Waals surface area contributed by atoms with Gasteiger partial charge < -0.3 is 19.7 Å². The number of unbranched alkanes of at least 4 members (excludes halogenated alkanes) is 48. The number of rotatable bonds is 54. The molecule has 0 radical (unpaired) electrons. The van der Waals surface area contributed by atoms with Gasteiger partial charge >= 0.3 is 11.9 Å². The van der Waals surface area contributed by atoms with Crippen molar-refractivity contribution in [3.05, 3.63) is 12.2 Å². The molecule has 2 N–H and O–H groups in total. The molecule has 1 aliphatic rings. The summed E-state index contributed by atoms with van der Waals surface area (Å²) in [4.78, 5) is 24.7. The van der Waals surface area contributed by atoms with E-state index in [0.717, 1.165) is 19.3 Å². The molecule has 1 saturated heterocycles. The first-order valence-corrected chi connectivity index (χ1v) is 31.3. The van der Waals surface area contributed by atoms with E-state index < -0.39 is 36.5 Å². The fourth-order valence-electron chi connectivity index (χ4n) is 10.4. The third-order valence-electron chi connectivity index (χ3n) is 15.5. The molecule has 6 heteroatoms. The summed E-state index contributed by atoms with van der Waals surface area (Å²) in [6.45, 7) is 1.21. The van der Waals surface area contributed by atoms with Crippen molar-refractivity contribution in [2.75, 3.05) is 26.4 Å². The minimum Gasteiger partial charge on any atom is -0.465 e. The standard InChI is InChI=1S/C63H120O6/c1-2-3-4-5-6-7-8-9-10-11-12-13-14-15-16-17-18-19-20-21-22-23-24-25-26-27-28-29-30-31-32-33-34-35-36-37-38-39-40-41-42-43-44-45-46-47-48-49-50-51-52-53-54-60-55-61(66)68-58-63(56-64,57-65)59-69-62(60)67/h29-30,60,64-65H,2-28,31-59H2,1H3/b30-29+. The normalized spacial score (nSPS) is 15.4. The minimum atomic E-state index is -1.12. The summed E-state index contributed by atoms with van der Waals surface area (Å²) in [5.74, 6) is -1.40. The van der Waals surface area contributed by atoms with E-state index in [2.05, 4.69) is 19.1 Å². The van der Waals surface area contributed by atoms with Crippen LogP contribution in [0.5, 0.6) is 0 Å². The summed E-state index contributed by atoms with van der Waals surface area (Å²) in [5, 5.41) is 19.2. The van der Waals surface area contributed by atoms with Gasteiger partial charge in [-0.15, -0.1) is 0 Å². The second kappa shape index (κ2) is 52.9. The van der Waals surface area contributed by atoms with Gasteiger partial charge in [0.25, 0.3) is 0 Å². The molecule has 0 aromatic rings. The summed E-state index contributed by atoms with van der Waals surface area (Å²) in [7, 11) is 0. The van der Waals surface area contributed by atoms with Crippen LogP contribution in [0.1, 0.15) is 341 Å². The van der Waals surface area contributed by atoms with E-state index in [1.165, 1.54) is 302 Å². The predicted octanol–water partition coefficient (Wildman–Crippen LogP) is 19.5. The van der Waals surface area contributed by atoms with E-state index >= 15 is 0 Å².